The van der Waals surface area contributed by atoms with E-state index in [0.717, 1.165) is 79.9 Å². The van der Waals surface area contributed by atoms with E-state index in [2.05, 4.69) is 455 Å². The summed E-state index contributed by atoms with van der Waals surface area (Å²) in [4.78, 5) is 32.0. The second kappa shape index (κ2) is 35.3. The molecule has 4 aromatic heterocycles. The van der Waals surface area contributed by atoms with Crippen LogP contribution in [0.4, 0.5) is 103 Å². The van der Waals surface area contributed by atoms with Crippen molar-refractivity contribution in [1.29, 1.82) is 0 Å². The van der Waals surface area contributed by atoms with Crippen LogP contribution in [0.5, 0.6) is 0 Å². The van der Waals surface area contributed by atoms with Crippen molar-refractivity contribution in [3.63, 3.8) is 0 Å². The summed E-state index contributed by atoms with van der Waals surface area (Å²) in [5, 5.41) is 25.4. The number of nitrogens with zero attached hydrogens (tertiary/aromatic N) is 10. The highest BCUT2D eigenvalue weighted by Crippen LogP contribution is 2.50. The van der Waals surface area contributed by atoms with Gasteiger partial charge < -0.3 is 19.6 Å². The molecule has 0 amide bonds. The van der Waals surface area contributed by atoms with E-state index in [1.807, 2.05) is 97.8 Å². The van der Waals surface area contributed by atoms with Crippen molar-refractivity contribution in [3.8, 4) is 0 Å². The molecule has 24 rings (SSSR count). The van der Waals surface area contributed by atoms with Crippen LogP contribution < -0.4 is 39.8 Å². The second-order valence-electron chi connectivity index (χ2n) is 36.4. The molecule has 0 unspecified atom stereocenters. The zero-order valence-electron chi connectivity index (χ0n) is 75.5. The predicted molar refractivity (Wildman–Crippen MR) is 576 cm³/mol. The Labute approximate surface area is 783 Å². The van der Waals surface area contributed by atoms with Gasteiger partial charge in [0.25, 0.3) is 0 Å². The second-order valence-corrected chi connectivity index (χ2v) is 46.6. The van der Waals surface area contributed by atoms with Gasteiger partial charge in [0, 0.05) is 104 Å². The third kappa shape index (κ3) is 16.2. The fourth-order valence-electron chi connectivity index (χ4n) is 19.4. The number of hydrogen-bond donors (Lipinski definition) is 0. The van der Waals surface area contributed by atoms with Gasteiger partial charge >= 0.3 is 0 Å². The Hall–Kier alpha value is -16.6. The smallest absolute Gasteiger partial charge is 0.137 e. The lowest BCUT2D eigenvalue weighted by Crippen LogP contribution is -2.37. The lowest BCUT2D eigenvalue weighted by atomic mass is 9.93. The fourth-order valence-corrected chi connectivity index (χ4v) is 21.8. The summed E-state index contributed by atoms with van der Waals surface area (Å²) in [5.74, 6) is 1.77. The third-order valence-electron chi connectivity index (χ3n) is 25.7. The Morgan fingerprint density at radius 2 is 0.343 bits per heavy atom. The van der Waals surface area contributed by atoms with Gasteiger partial charge in [-0.15, -0.1) is 0 Å². The number of rotatable bonds is 20. The van der Waals surface area contributed by atoms with Crippen molar-refractivity contribution < 1.29 is 0 Å². The molecular weight excluding hydrogens is 1660 g/mol. The highest BCUT2D eigenvalue weighted by molar-refractivity contribution is 6.89. The van der Waals surface area contributed by atoms with E-state index in [1.165, 1.54) is 130 Å². The average molecular weight is 1760 g/mol. The molecule has 0 N–H and O–H groups in total. The van der Waals surface area contributed by atoms with Crippen molar-refractivity contribution in [3.05, 3.63) is 474 Å². The molecule has 24 aromatic rings. The molecule has 12 heteroatoms. The maximum atomic E-state index is 4.70. The summed E-state index contributed by atoms with van der Waals surface area (Å²) < 4.78 is 0. The summed E-state index contributed by atoms with van der Waals surface area (Å²) in [5.41, 5.74) is 17.8. The number of pyridine rings is 4. The van der Waals surface area contributed by atoms with Crippen LogP contribution in [0, 0.1) is 0 Å². The molecule has 642 valence electrons. The normalized spacial score (nSPS) is 11.7. The first kappa shape index (κ1) is 83.0. The molecule has 0 saturated heterocycles. The standard InChI is InChI=1S/C46H44N2Si2.2C38H26N4/c1-49(2,3)43-25-21-39(22-26-43)47(37-13-9-7-10-14-37)41-29-33-17-19-35-31-42(32-36-20-18-34(30-41)45(33)46(35)36)48(38-15-11-8-12-16-38)40-23-27-44(28-24-40)50(4,5)6;1-3-11-31(12-4-1)41(35-15-7-9-21-39-35)33-23-27-17-19-29-25-34(26-30-20-18-28(24-33)37(27)38(29)30)42(32-13-5-2-6-14-32)36-16-8-10-22-40-36;1-3-9-31(10-4-1)41(33-13-7-19-39-25-33)35-21-27-15-17-29-23-36(24-30-18-16-28(22-35)37(27)38(29)30)42(32-11-5-2-6-12-32)34-14-8-20-40-26-34/h7-32H,1-6H3;2*1-26H. The Bertz CT molecular complexity index is 7080. The number of aromatic nitrogens is 4. The van der Waals surface area contributed by atoms with Gasteiger partial charge in [-0.1, -0.05) is 268 Å². The topological polar surface area (TPSA) is 71.0 Å². The molecule has 0 fully saturated rings. The molecule has 0 aliphatic carbocycles. The Morgan fingerprint density at radius 1 is 0.157 bits per heavy atom. The van der Waals surface area contributed by atoms with Gasteiger partial charge in [0.15, 0.2) is 0 Å². The first-order valence-corrected chi connectivity index (χ1v) is 52.8. The van der Waals surface area contributed by atoms with E-state index in [9.17, 15) is 0 Å². The molecule has 0 spiro atoms. The lowest BCUT2D eigenvalue weighted by molar-refractivity contribution is 1.18. The van der Waals surface area contributed by atoms with Gasteiger partial charge in [-0.05, 0) is 315 Å². The highest BCUT2D eigenvalue weighted by atomic mass is 28.3. The molecule has 0 aliphatic heterocycles. The SMILES string of the molecule is C[Si](C)(C)c1ccc(N(c2ccccc2)c2cc3ccc4cc(N(c5ccccc5)c5ccc([Si](C)(C)C)cc5)cc5ccc(c2)c3c45)cc1.c1ccc(N(c2cc3ccc4cc(N(c5ccccc5)c5ccccn5)cc5ccc(c2)c3c45)c2ccccn2)cc1.c1ccc(N(c2cccnc2)c2cc3ccc4cc(N(c5ccccc5)c5cccnc5)cc5ccc(c2)c3c45)cc1. The number of anilines is 18. The third-order valence-corrected chi connectivity index (χ3v) is 29.8. The van der Waals surface area contributed by atoms with Crippen LogP contribution in [0.25, 0.3) is 97.0 Å². The molecule has 0 aliphatic rings. The molecule has 20 aromatic carbocycles. The minimum atomic E-state index is -1.41. The minimum absolute atomic E-state index is 0.886. The molecule has 10 nitrogen and oxygen atoms in total. The van der Waals surface area contributed by atoms with E-state index in [4.69, 9.17) is 9.97 Å². The molecule has 0 atom stereocenters. The van der Waals surface area contributed by atoms with E-state index in [0.29, 0.717) is 0 Å². The van der Waals surface area contributed by atoms with Crippen LogP contribution in [-0.2, 0) is 0 Å². The summed E-state index contributed by atoms with van der Waals surface area (Å²) in [6.45, 7) is 14.4. The fraction of sp³-hybridized carbons (Fsp3) is 0.0492. The van der Waals surface area contributed by atoms with Gasteiger partial charge in [0.2, 0.25) is 0 Å². The predicted octanol–water partition coefficient (Wildman–Crippen LogP) is 33.2. The van der Waals surface area contributed by atoms with Crippen molar-refractivity contribution >= 4 is 226 Å². The lowest BCUT2D eigenvalue weighted by Gasteiger charge is -2.28. The summed E-state index contributed by atoms with van der Waals surface area (Å²) in [6.07, 6.45) is 11.1. The molecule has 0 radical (unpaired) electrons. The Kier molecular flexibility index (Phi) is 21.9. The molecule has 0 saturated carbocycles. The monoisotopic (exact) mass is 1760 g/mol. The van der Waals surface area contributed by atoms with Crippen molar-refractivity contribution in [2.75, 3.05) is 29.4 Å². The van der Waals surface area contributed by atoms with Gasteiger partial charge in [-0.2, -0.15) is 0 Å². The summed E-state index contributed by atoms with van der Waals surface area (Å²) in [6, 6.07) is 157. The summed E-state index contributed by atoms with van der Waals surface area (Å²) in [7, 11) is -2.82. The van der Waals surface area contributed by atoms with Crippen molar-refractivity contribution in [2.45, 2.75) is 39.3 Å². The minimum Gasteiger partial charge on any atom is -0.310 e. The maximum absolute atomic E-state index is 4.70. The Balaban J connectivity index is 0.000000118. The summed E-state index contributed by atoms with van der Waals surface area (Å²) >= 11 is 0. The first-order chi connectivity index (χ1) is 65.7. The first-order valence-electron chi connectivity index (χ1n) is 45.8. The molecule has 4 heterocycles. The van der Waals surface area contributed by atoms with E-state index in [-0.39, 0.29) is 0 Å². The number of para-hydroxylation sites is 6. The van der Waals surface area contributed by atoms with E-state index in [1.54, 1.807) is 0 Å². The maximum Gasteiger partial charge on any atom is 0.137 e. The quantitative estimate of drug-likeness (QED) is 0.0544. The zero-order valence-corrected chi connectivity index (χ0v) is 77.5. The van der Waals surface area contributed by atoms with Crippen molar-refractivity contribution in [1.82, 2.24) is 19.9 Å². The van der Waals surface area contributed by atoms with Gasteiger partial charge in [-0.25, -0.2) is 9.97 Å². The molecule has 134 heavy (non-hydrogen) atoms. The van der Waals surface area contributed by atoms with Crippen LogP contribution >= 0.6 is 0 Å². The van der Waals surface area contributed by atoms with Gasteiger partial charge in [0.1, 0.15) is 11.6 Å². The van der Waals surface area contributed by atoms with Gasteiger partial charge in [0.05, 0.1) is 39.9 Å². The van der Waals surface area contributed by atoms with E-state index < -0.39 is 16.1 Å². The van der Waals surface area contributed by atoms with Gasteiger partial charge in [-0.3, -0.25) is 19.8 Å². The van der Waals surface area contributed by atoms with Crippen LogP contribution in [0.3, 0.4) is 0 Å². The van der Waals surface area contributed by atoms with Crippen LogP contribution in [0.2, 0.25) is 39.3 Å². The van der Waals surface area contributed by atoms with Crippen LogP contribution in [0.15, 0.2) is 474 Å². The highest BCUT2D eigenvalue weighted by Gasteiger charge is 2.27. The van der Waals surface area contributed by atoms with E-state index >= 15 is 0 Å². The Morgan fingerprint density at radius 3 is 0.537 bits per heavy atom. The van der Waals surface area contributed by atoms with Crippen molar-refractivity contribution in [2.24, 2.45) is 0 Å². The van der Waals surface area contributed by atoms with Crippen LogP contribution in [-0.4, -0.2) is 36.1 Å². The molecule has 0 bridgehead atoms. The number of benzene rings is 20. The average Bonchev–Trinajstić information content (AvgIpc) is 0.736. The largest absolute Gasteiger partial charge is 0.310 e. The molecular formula is C122H96N10Si2. The number of hydrogen-bond acceptors (Lipinski definition) is 10. The van der Waals surface area contributed by atoms with Crippen LogP contribution in [0.1, 0.15) is 0 Å². The zero-order chi connectivity index (χ0) is 90.4.